The Kier molecular flexibility index (Phi) is 4.93. The molecule has 0 aromatic carbocycles. The minimum atomic E-state index is -0.0247. The summed E-state index contributed by atoms with van der Waals surface area (Å²) < 4.78 is 0. The predicted molar refractivity (Wildman–Crippen MR) is 59.8 cm³/mol. The zero-order valence-corrected chi connectivity index (χ0v) is 10.1. The second-order valence-corrected chi connectivity index (χ2v) is 5.30. The minimum Gasteiger partial charge on any atom is -0.326 e. The van der Waals surface area contributed by atoms with Crippen LogP contribution in [-0.2, 0) is 0 Å². The molecule has 0 fully saturated rings. The van der Waals surface area contributed by atoms with E-state index < -0.39 is 0 Å². The highest BCUT2D eigenvalue weighted by Gasteiger charge is 2.19. The molecule has 0 rings (SSSR count). The summed E-state index contributed by atoms with van der Waals surface area (Å²) in [6.45, 7) is 8.74. The summed E-state index contributed by atoms with van der Waals surface area (Å²) in [5.74, 6) is 0.706. The predicted octanol–water partition coefficient (Wildman–Crippen LogP) is 2.09. The molecule has 80 valence electrons. The molecule has 0 aromatic rings. The smallest absolute Gasteiger partial charge is 0.0113 e. The Hall–Kier alpha value is -0.0800. The van der Waals surface area contributed by atoms with Gasteiger partial charge < -0.3 is 10.6 Å². The third kappa shape index (κ3) is 6.05. The maximum atomic E-state index is 5.97. The molecule has 0 radical (unpaired) electrons. The van der Waals surface area contributed by atoms with E-state index >= 15 is 0 Å². The minimum absolute atomic E-state index is 0.0247. The number of nitrogens with zero attached hydrogens (tertiary/aromatic N) is 1. The van der Waals surface area contributed by atoms with Gasteiger partial charge in [-0.15, -0.1) is 0 Å². The molecule has 2 heteroatoms. The lowest BCUT2D eigenvalue weighted by Gasteiger charge is -2.30. The van der Waals surface area contributed by atoms with Crippen molar-refractivity contribution in [3.63, 3.8) is 0 Å². The molecule has 2 N–H and O–H groups in total. The number of hydrogen-bond acceptors (Lipinski definition) is 2. The molecule has 0 aliphatic carbocycles. The van der Waals surface area contributed by atoms with Crippen LogP contribution in [0.3, 0.4) is 0 Å². The molecule has 1 unspecified atom stereocenters. The van der Waals surface area contributed by atoms with Crippen molar-refractivity contribution in [3.05, 3.63) is 0 Å². The van der Waals surface area contributed by atoms with Gasteiger partial charge in [-0.05, 0) is 46.7 Å². The summed E-state index contributed by atoms with van der Waals surface area (Å²) >= 11 is 0. The molecule has 0 bridgehead atoms. The first-order valence-electron chi connectivity index (χ1n) is 5.19. The van der Waals surface area contributed by atoms with E-state index in [2.05, 4.69) is 46.7 Å². The summed E-state index contributed by atoms with van der Waals surface area (Å²) in [5.41, 5.74) is 5.94. The first-order valence-corrected chi connectivity index (χ1v) is 5.19. The molecule has 1 atom stereocenters. The van der Waals surface area contributed by atoms with Crippen molar-refractivity contribution in [3.8, 4) is 0 Å². The average Bonchev–Trinajstić information content (AvgIpc) is 1.82. The number of hydrogen-bond donors (Lipinski definition) is 1. The van der Waals surface area contributed by atoms with Gasteiger partial charge in [-0.2, -0.15) is 0 Å². The van der Waals surface area contributed by atoms with Crippen molar-refractivity contribution in [2.75, 3.05) is 14.1 Å². The second-order valence-electron chi connectivity index (χ2n) is 5.30. The van der Waals surface area contributed by atoms with Gasteiger partial charge in [0, 0.05) is 11.6 Å². The van der Waals surface area contributed by atoms with Gasteiger partial charge in [0.2, 0.25) is 0 Å². The zero-order chi connectivity index (χ0) is 10.6. The Bertz CT molecular complexity index is 126. The summed E-state index contributed by atoms with van der Waals surface area (Å²) in [5, 5.41) is 0. The van der Waals surface area contributed by atoms with Crippen molar-refractivity contribution in [1.82, 2.24) is 4.90 Å². The average molecular weight is 186 g/mol. The zero-order valence-electron chi connectivity index (χ0n) is 10.1. The van der Waals surface area contributed by atoms with E-state index in [0.29, 0.717) is 12.0 Å². The van der Waals surface area contributed by atoms with Crippen molar-refractivity contribution < 1.29 is 0 Å². The molecule has 0 heterocycles. The Balaban J connectivity index is 3.98. The van der Waals surface area contributed by atoms with E-state index in [1.807, 2.05) is 0 Å². The van der Waals surface area contributed by atoms with Crippen molar-refractivity contribution in [2.24, 2.45) is 11.7 Å². The Morgan fingerprint density at radius 1 is 1.23 bits per heavy atom. The van der Waals surface area contributed by atoms with Gasteiger partial charge in [-0.3, -0.25) is 0 Å². The van der Waals surface area contributed by atoms with Crippen LogP contribution in [0, 0.1) is 5.92 Å². The number of nitrogens with two attached hydrogens (primary N) is 1. The maximum Gasteiger partial charge on any atom is 0.0113 e. The van der Waals surface area contributed by atoms with Crippen LogP contribution >= 0.6 is 0 Å². The Morgan fingerprint density at radius 2 is 1.69 bits per heavy atom. The van der Waals surface area contributed by atoms with Crippen LogP contribution in [0.15, 0.2) is 0 Å². The fourth-order valence-corrected chi connectivity index (χ4v) is 1.71. The van der Waals surface area contributed by atoms with Gasteiger partial charge in [0.15, 0.2) is 0 Å². The molecule has 0 amide bonds. The van der Waals surface area contributed by atoms with Crippen LogP contribution in [0.5, 0.6) is 0 Å². The highest BCUT2D eigenvalue weighted by atomic mass is 15.1. The largest absolute Gasteiger partial charge is 0.326 e. The standard InChI is InChI=1S/C11H26N2/c1-9(2)10(13(5)6)7-8-11(3,4)12/h9-10H,7-8,12H2,1-6H3. The van der Waals surface area contributed by atoms with E-state index in [0.717, 1.165) is 6.42 Å². The quantitative estimate of drug-likeness (QED) is 0.712. The molecule has 0 saturated heterocycles. The van der Waals surface area contributed by atoms with Crippen LogP contribution in [0.1, 0.15) is 40.5 Å². The van der Waals surface area contributed by atoms with Gasteiger partial charge in [-0.25, -0.2) is 0 Å². The van der Waals surface area contributed by atoms with Gasteiger partial charge in [-0.1, -0.05) is 13.8 Å². The lowest BCUT2D eigenvalue weighted by atomic mass is 9.91. The molecule has 0 saturated carbocycles. The monoisotopic (exact) mass is 186 g/mol. The molecule has 13 heavy (non-hydrogen) atoms. The van der Waals surface area contributed by atoms with Crippen LogP contribution in [0.25, 0.3) is 0 Å². The Morgan fingerprint density at radius 3 is 1.92 bits per heavy atom. The highest BCUT2D eigenvalue weighted by molar-refractivity contribution is 4.78. The Labute approximate surface area is 83.5 Å². The van der Waals surface area contributed by atoms with Gasteiger partial charge in [0.25, 0.3) is 0 Å². The van der Waals surface area contributed by atoms with Crippen LogP contribution in [0.2, 0.25) is 0 Å². The van der Waals surface area contributed by atoms with Crippen molar-refractivity contribution >= 4 is 0 Å². The lowest BCUT2D eigenvalue weighted by molar-refractivity contribution is 0.204. The molecule has 0 aromatic heterocycles. The van der Waals surface area contributed by atoms with Crippen molar-refractivity contribution in [1.29, 1.82) is 0 Å². The highest BCUT2D eigenvalue weighted by Crippen LogP contribution is 2.17. The summed E-state index contributed by atoms with van der Waals surface area (Å²) in [4.78, 5) is 2.30. The van der Waals surface area contributed by atoms with Crippen LogP contribution < -0.4 is 5.73 Å². The van der Waals surface area contributed by atoms with Gasteiger partial charge in [0.05, 0.1) is 0 Å². The normalized spacial score (nSPS) is 15.5. The van der Waals surface area contributed by atoms with E-state index in [4.69, 9.17) is 5.73 Å². The topological polar surface area (TPSA) is 29.3 Å². The molecular weight excluding hydrogens is 160 g/mol. The summed E-state index contributed by atoms with van der Waals surface area (Å²) in [7, 11) is 4.29. The SMILES string of the molecule is CC(C)C(CCC(C)(C)N)N(C)C. The molecule has 0 aliphatic rings. The van der Waals surface area contributed by atoms with E-state index in [1.165, 1.54) is 6.42 Å². The van der Waals surface area contributed by atoms with Crippen molar-refractivity contribution in [2.45, 2.75) is 52.1 Å². The fraction of sp³-hybridized carbons (Fsp3) is 1.00. The van der Waals surface area contributed by atoms with E-state index in [1.54, 1.807) is 0 Å². The lowest BCUT2D eigenvalue weighted by Crippen LogP contribution is -2.38. The first-order chi connectivity index (χ1) is 5.74. The van der Waals surface area contributed by atoms with Gasteiger partial charge >= 0.3 is 0 Å². The number of rotatable bonds is 5. The van der Waals surface area contributed by atoms with E-state index in [-0.39, 0.29) is 5.54 Å². The molecule has 0 spiro atoms. The first kappa shape index (κ1) is 12.9. The third-order valence-electron chi connectivity index (χ3n) is 2.52. The fourth-order valence-electron chi connectivity index (χ4n) is 1.71. The molecule has 0 aliphatic heterocycles. The maximum absolute atomic E-state index is 5.97. The summed E-state index contributed by atoms with van der Waals surface area (Å²) in [6, 6.07) is 0.655. The third-order valence-corrected chi connectivity index (χ3v) is 2.52. The van der Waals surface area contributed by atoms with Gasteiger partial charge in [0.1, 0.15) is 0 Å². The molecule has 2 nitrogen and oxygen atoms in total. The van der Waals surface area contributed by atoms with Crippen LogP contribution in [0.4, 0.5) is 0 Å². The van der Waals surface area contributed by atoms with E-state index in [9.17, 15) is 0 Å². The molecular formula is C11H26N2. The van der Waals surface area contributed by atoms with Crippen LogP contribution in [-0.4, -0.2) is 30.6 Å². The second kappa shape index (κ2) is 4.97. The summed E-state index contributed by atoms with van der Waals surface area (Å²) in [6.07, 6.45) is 2.28.